The molecule has 2 heterocycles. The molecule has 7 heteroatoms. The van der Waals surface area contributed by atoms with Gasteiger partial charge in [0, 0.05) is 39.0 Å². The van der Waals surface area contributed by atoms with Gasteiger partial charge in [-0.15, -0.1) is 0 Å². The molecule has 2 aromatic rings. The van der Waals surface area contributed by atoms with E-state index >= 15 is 0 Å². The minimum Gasteiger partial charge on any atom is -0.356 e. The first-order chi connectivity index (χ1) is 12.6. The second-order valence-electron chi connectivity index (χ2n) is 6.56. The lowest BCUT2D eigenvalue weighted by molar-refractivity contribution is -0.141. The Labute approximate surface area is 152 Å². The molecule has 1 fully saturated rings. The predicted molar refractivity (Wildman–Crippen MR) is 94.5 cm³/mol. The molecule has 1 aliphatic heterocycles. The number of nitrogens with zero attached hydrogens (tertiary/aromatic N) is 3. The summed E-state index contributed by atoms with van der Waals surface area (Å²) in [4.78, 5) is 26.4. The molecule has 1 saturated heterocycles. The highest BCUT2D eigenvalue weighted by atomic mass is 19.1. The van der Waals surface area contributed by atoms with E-state index in [2.05, 4.69) is 10.4 Å². The maximum Gasteiger partial charge on any atom is 0.225 e. The van der Waals surface area contributed by atoms with Crippen molar-refractivity contribution in [3.05, 3.63) is 54.1 Å². The van der Waals surface area contributed by atoms with Crippen molar-refractivity contribution in [2.75, 3.05) is 13.6 Å². The third-order valence-corrected chi connectivity index (χ3v) is 4.83. The van der Waals surface area contributed by atoms with E-state index < -0.39 is 0 Å². The van der Waals surface area contributed by atoms with Crippen LogP contribution in [-0.4, -0.2) is 40.1 Å². The van der Waals surface area contributed by atoms with E-state index in [9.17, 15) is 14.0 Å². The molecule has 2 amide bonds. The van der Waals surface area contributed by atoms with Crippen LogP contribution in [-0.2, 0) is 16.1 Å². The zero-order valence-corrected chi connectivity index (χ0v) is 14.8. The first-order valence-electron chi connectivity index (χ1n) is 8.82. The molecule has 26 heavy (non-hydrogen) atoms. The van der Waals surface area contributed by atoms with Crippen LogP contribution >= 0.6 is 0 Å². The molecular formula is C19H23FN4O2. The molecule has 3 rings (SSSR count). The van der Waals surface area contributed by atoms with Gasteiger partial charge in [0.05, 0.1) is 12.0 Å². The molecule has 1 N–H and O–H groups in total. The molecule has 0 bridgehead atoms. The van der Waals surface area contributed by atoms with Gasteiger partial charge >= 0.3 is 0 Å². The Morgan fingerprint density at radius 2 is 2.12 bits per heavy atom. The Bertz CT molecular complexity index is 745. The van der Waals surface area contributed by atoms with Gasteiger partial charge in [0.2, 0.25) is 11.8 Å². The molecule has 138 valence electrons. The van der Waals surface area contributed by atoms with Gasteiger partial charge in [-0.25, -0.2) is 4.39 Å². The monoisotopic (exact) mass is 358 g/mol. The number of aromatic nitrogens is 2. The molecule has 1 aliphatic rings. The molecular weight excluding hydrogens is 335 g/mol. The number of nitrogens with one attached hydrogen (secondary N) is 1. The Morgan fingerprint density at radius 1 is 1.35 bits per heavy atom. The number of hydrogen-bond acceptors (Lipinski definition) is 3. The van der Waals surface area contributed by atoms with Gasteiger partial charge in [-0.05, 0) is 36.6 Å². The van der Waals surface area contributed by atoms with Crippen LogP contribution in [0.5, 0.6) is 0 Å². The second kappa shape index (κ2) is 8.12. The van der Waals surface area contributed by atoms with E-state index in [4.69, 9.17) is 0 Å². The molecule has 0 spiro atoms. The van der Waals surface area contributed by atoms with Gasteiger partial charge in [-0.3, -0.25) is 14.3 Å². The van der Waals surface area contributed by atoms with Crippen molar-refractivity contribution in [3.63, 3.8) is 0 Å². The van der Waals surface area contributed by atoms with Crippen molar-refractivity contribution in [2.24, 2.45) is 5.92 Å². The van der Waals surface area contributed by atoms with E-state index in [1.165, 1.54) is 12.1 Å². The van der Waals surface area contributed by atoms with Gasteiger partial charge in [0.1, 0.15) is 5.82 Å². The van der Waals surface area contributed by atoms with Crippen LogP contribution in [0.4, 0.5) is 4.39 Å². The van der Waals surface area contributed by atoms with Gasteiger partial charge < -0.3 is 10.2 Å². The fourth-order valence-electron chi connectivity index (χ4n) is 3.45. The van der Waals surface area contributed by atoms with Gasteiger partial charge in [0.15, 0.2) is 0 Å². The highest BCUT2D eigenvalue weighted by molar-refractivity contribution is 5.84. The summed E-state index contributed by atoms with van der Waals surface area (Å²) < 4.78 is 15.1. The molecule has 0 saturated carbocycles. The summed E-state index contributed by atoms with van der Waals surface area (Å²) >= 11 is 0. The van der Waals surface area contributed by atoms with Gasteiger partial charge in [0.25, 0.3) is 0 Å². The van der Waals surface area contributed by atoms with Gasteiger partial charge in [-0.1, -0.05) is 12.1 Å². The molecule has 6 nitrogen and oxygen atoms in total. The Balaban J connectivity index is 1.63. The van der Waals surface area contributed by atoms with Crippen LogP contribution in [0.15, 0.2) is 42.7 Å². The third kappa shape index (κ3) is 4.09. The standard InChI is InChI=1S/C19H23FN4O2/c1-23-17(25)9-8-16(18(23)14-4-6-15(20)7-5-14)19(26)21-10-2-12-24-13-3-11-22-24/h3-7,11,13,16,18H,2,8-10,12H2,1H3,(H,21,26). The Hall–Kier alpha value is -2.70. The molecule has 1 aromatic carbocycles. The fourth-order valence-corrected chi connectivity index (χ4v) is 3.45. The average Bonchev–Trinajstić information content (AvgIpc) is 3.15. The fraction of sp³-hybridized carbons (Fsp3) is 0.421. The topological polar surface area (TPSA) is 67.2 Å². The number of carbonyl (C=O) groups is 2. The first kappa shape index (κ1) is 18.1. The number of aryl methyl sites for hydroxylation is 1. The zero-order chi connectivity index (χ0) is 18.5. The number of rotatable bonds is 6. The number of carbonyl (C=O) groups excluding carboxylic acids is 2. The van der Waals surface area contributed by atoms with Crippen molar-refractivity contribution >= 4 is 11.8 Å². The van der Waals surface area contributed by atoms with Crippen LogP contribution in [0, 0.1) is 11.7 Å². The van der Waals surface area contributed by atoms with Crippen molar-refractivity contribution in [1.82, 2.24) is 20.0 Å². The maximum atomic E-state index is 13.2. The van der Waals surface area contributed by atoms with E-state index in [-0.39, 0.29) is 29.6 Å². The normalized spacial score (nSPS) is 20.2. The van der Waals surface area contributed by atoms with Crippen LogP contribution in [0.3, 0.4) is 0 Å². The number of likely N-dealkylation sites (tertiary alicyclic amines) is 1. The summed E-state index contributed by atoms with van der Waals surface area (Å²) in [6.45, 7) is 1.28. The second-order valence-corrected chi connectivity index (χ2v) is 6.56. The quantitative estimate of drug-likeness (QED) is 0.805. The zero-order valence-electron chi connectivity index (χ0n) is 14.8. The third-order valence-electron chi connectivity index (χ3n) is 4.83. The number of benzene rings is 1. The molecule has 2 unspecified atom stereocenters. The molecule has 1 aromatic heterocycles. The van der Waals surface area contributed by atoms with Crippen LogP contribution < -0.4 is 5.32 Å². The van der Waals surface area contributed by atoms with E-state index in [1.807, 2.05) is 16.9 Å². The summed E-state index contributed by atoms with van der Waals surface area (Å²) in [7, 11) is 1.70. The summed E-state index contributed by atoms with van der Waals surface area (Å²) in [5.41, 5.74) is 0.777. The summed E-state index contributed by atoms with van der Waals surface area (Å²) in [5.74, 6) is -0.743. The summed E-state index contributed by atoms with van der Waals surface area (Å²) in [6, 6.07) is 7.51. The number of halogens is 1. The van der Waals surface area contributed by atoms with E-state index in [1.54, 1.807) is 30.3 Å². The van der Waals surface area contributed by atoms with Crippen molar-refractivity contribution in [1.29, 1.82) is 0 Å². The van der Waals surface area contributed by atoms with Crippen molar-refractivity contribution in [3.8, 4) is 0 Å². The van der Waals surface area contributed by atoms with Gasteiger partial charge in [-0.2, -0.15) is 5.10 Å². The lowest BCUT2D eigenvalue weighted by atomic mass is 9.84. The van der Waals surface area contributed by atoms with E-state index in [0.29, 0.717) is 19.4 Å². The van der Waals surface area contributed by atoms with Crippen molar-refractivity contribution in [2.45, 2.75) is 31.8 Å². The number of piperidine rings is 1. The lowest BCUT2D eigenvalue weighted by Gasteiger charge is -2.38. The minimum absolute atomic E-state index is 0.00190. The first-order valence-corrected chi connectivity index (χ1v) is 8.82. The minimum atomic E-state index is -0.372. The summed E-state index contributed by atoms with van der Waals surface area (Å²) in [6.07, 6.45) is 5.22. The highest BCUT2D eigenvalue weighted by Gasteiger charge is 2.38. The molecule has 0 radical (unpaired) electrons. The summed E-state index contributed by atoms with van der Waals surface area (Å²) in [5, 5.41) is 7.10. The predicted octanol–water partition coefficient (Wildman–Crippen LogP) is 2.14. The maximum absolute atomic E-state index is 13.2. The van der Waals surface area contributed by atoms with Crippen LogP contribution in [0.1, 0.15) is 30.9 Å². The van der Waals surface area contributed by atoms with Crippen molar-refractivity contribution < 1.29 is 14.0 Å². The van der Waals surface area contributed by atoms with E-state index in [0.717, 1.165) is 18.5 Å². The SMILES string of the molecule is CN1C(=O)CCC(C(=O)NCCCn2cccn2)C1c1ccc(F)cc1. The smallest absolute Gasteiger partial charge is 0.225 e. The molecule has 2 atom stereocenters. The van der Waals surface area contributed by atoms with Crippen LogP contribution in [0.25, 0.3) is 0 Å². The molecule has 0 aliphatic carbocycles. The largest absolute Gasteiger partial charge is 0.356 e. The lowest BCUT2D eigenvalue weighted by Crippen LogP contribution is -2.46. The average molecular weight is 358 g/mol. The Kier molecular flexibility index (Phi) is 5.65. The van der Waals surface area contributed by atoms with Crippen LogP contribution in [0.2, 0.25) is 0 Å². The Morgan fingerprint density at radius 3 is 2.81 bits per heavy atom. The highest BCUT2D eigenvalue weighted by Crippen LogP contribution is 2.35. The number of hydrogen-bond donors (Lipinski definition) is 1. The number of amides is 2.